The van der Waals surface area contributed by atoms with Crippen molar-refractivity contribution in [2.24, 2.45) is 0 Å². The van der Waals surface area contributed by atoms with Crippen LogP contribution in [0.25, 0.3) is 5.57 Å². The Morgan fingerprint density at radius 2 is 1.70 bits per heavy atom. The topological polar surface area (TPSA) is 50.5 Å². The summed E-state index contributed by atoms with van der Waals surface area (Å²) in [4.78, 5) is 0.306. The van der Waals surface area contributed by atoms with Gasteiger partial charge >= 0.3 is 0 Å². The van der Waals surface area contributed by atoms with Crippen LogP contribution in [0.2, 0.25) is 18.1 Å². The predicted molar refractivity (Wildman–Crippen MR) is 113 cm³/mol. The Balaban J connectivity index is 1.97. The number of sulfonamides is 1. The summed E-state index contributed by atoms with van der Waals surface area (Å²) in [7, 11) is -5.43. The Hall–Kier alpha value is -1.63. The SMILES string of the molecule is C=C1CN(S(=O)(=O)c2ccc(C)cc2)Cc2oc([Si](C)(C)C(C)(C)C)cc21. The third kappa shape index (κ3) is 3.46. The van der Waals surface area contributed by atoms with Gasteiger partial charge in [-0.2, -0.15) is 4.31 Å². The number of nitrogens with zero attached hydrogens (tertiary/aromatic N) is 1. The van der Waals surface area contributed by atoms with Crippen LogP contribution < -0.4 is 5.38 Å². The summed E-state index contributed by atoms with van der Waals surface area (Å²) in [6.45, 7) is 17.9. The van der Waals surface area contributed by atoms with E-state index in [1.54, 1.807) is 12.1 Å². The minimum absolute atomic E-state index is 0.141. The number of fused-ring (bicyclic) bond motifs is 1. The van der Waals surface area contributed by atoms with Crippen LogP contribution in [0, 0.1) is 6.92 Å². The van der Waals surface area contributed by atoms with Gasteiger partial charge in [-0.3, -0.25) is 0 Å². The highest BCUT2D eigenvalue weighted by atomic mass is 32.2. The van der Waals surface area contributed by atoms with Crippen LogP contribution in [0.5, 0.6) is 0 Å². The smallest absolute Gasteiger partial charge is 0.243 e. The average molecular weight is 404 g/mol. The molecule has 2 aromatic rings. The van der Waals surface area contributed by atoms with E-state index in [2.05, 4.69) is 46.5 Å². The summed E-state index contributed by atoms with van der Waals surface area (Å²) in [5, 5.41) is 1.15. The fourth-order valence-electron chi connectivity index (χ4n) is 3.07. The van der Waals surface area contributed by atoms with Crippen molar-refractivity contribution in [2.75, 3.05) is 6.54 Å². The number of furan rings is 1. The third-order valence-corrected chi connectivity index (χ3v) is 13.1. The molecular weight excluding hydrogens is 374 g/mol. The summed E-state index contributed by atoms with van der Waals surface area (Å²) >= 11 is 0. The average Bonchev–Trinajstić information content (AvgIpc) is 2.99. The van der Waals surface area contributed by atoms with Crippen molar-refractivity contribution in [3.05, 3.63) is 53.8 Å². The van der Waals surface area contributed by atoms with Gasteiger partial charge in [0.2, 0.25) is 10.0 Å². The molecule has 0 amide bonds. The fraction of sp³-hybridized carbons (Fsp3) is 0.429. The number of benzene rings is 1. The van der Waals surface area contributed by atoms with Gasteiger partial charge in [-0.1, -0.05) is 58.1 Å². The first-order valence-corrected chi connectivity index (χ1v) is 13.7. The molecule has 1 aliphatic heterocycles. The molecule has 0 fully saturated rings. The van der Waals surface area contributed by atoms with E-state index in [9.17, 15) is 8.42 Å². The molecule has 0 N–H and O–H groups in total. The maximum atomic E-state index is 13.1. The highest BCUT2D eigenvalue weighted by molar-refractivity contribution is 7.89. The lowest BCUT2D eigenvalue weighted by atomic mass is 10.1. The Labute approximate surface area is 164 Å². The fourth-order valence-corrected chi connectivity index (χ4v) is 6.08. The molecule has 27 heavy (non-hydrogen) atoms. The van der Waals surface area contributed by atoms with Crippen LogP contribution >= 0.6 is 0 Å². The van der Waals surface area contributed by atoms with Crippen LogP contribution in [-0.2, 0) is 16.6 Å². The van der Waals surface area contributed by atoms with Crippen molar-refractivity contribution in [3.8, 4) is 0 Å². The molecule has 146 valence electrons. The summed E-state index contributed by atoms with van der Waals surface area (Å²) in [6.07, 6.45) is 0. The zero-order valence-corrected chi connectivity index (χ0v) is 18.9. The quantitative estimate of drug-likeness (QED) is 0.708. The summed E-state index contributed by atoms with van der Waals surface area (Å²) < 4.78 is 33.8. The molecule has 0 aliphatic carbocycles. The van der Waals surface area contributed by atoms with Gasteiger partial charge in [0.15, 0.2) is 0 Å². The number of aryl methyl sites for hydroxylation is 1. The van der Waals surface area contributed by atoms with Gasteiger partial charge in [0.25, 0.3) is 0 Å². The Bertz CT molecular complexity index is 979. The summed E-state index contributed by atoms with van der Waals surface area (Å²) in [5.41, 5.74) is 2.80. The molecule has 0 atom stereocenters. The lowest BCUT2D eigenvalue weighted by molar-refractivity contribution is 0.384. The van der Waals surface area contributed by atoms with Crippen LogP contribution in [-0.4, -0.2) is 27.3 Å². The predicted octanol–water partition coefficient (Wildman–Crippen LogP) is 4.52. The van der Waals surface area contributed by atoms with E-state index in [-0.39, 0.29) is 11.6 Å². The van der Waals surface area contributed by atoms with Crippen LogP contribution in [0.15, 0.2) is 46.2 Å². The first-order chi connectivity index (χ1) is 12.3. The van der Waals surface area contributed by atoms with E-state index in [1.807, 2.05) is 19.1 Å². The van der Waals surface area contributed by atoms with Crippen LogP contribution in [0.1, 0.15) is 37.7 Å². The molecule has 0 radical (unpaired) electrons. The lowest BCUT2D eigenvalue weighted by Crippen LogP contribution is -2.48. The van der Waals surface area contributed by atoms with Gasteiger partial charge < -0.3 is 4.42 Å². The van der Waals surface area contributed by atoms with Crippen molar-refractivity contribution in [1.29, 1.82) is 0 Å². The van der Waals surface area contributed by atoms with E-state index in [0.29, 0.717) is 17.2 Å². The minimum Gasteiger partial charge on any atom is -0.469 e. The molecule has 0 spiro atoms. The van der Waals surface area contributed by atoms with Crippen molar-refractivity contribution >= 4 is 29.1 Å². The second-order valence-electron chi connectivity index (χ2n) is 9.01. The van der Waals surface area contributed by atoms with Crippen molar-refractivity contribution in [1.82, 2.24) is 4.31 Å². The van der Waals surface area contributed by atoms with Crippen molar-refractivity contribution in [2.45, 2.75) is 57.3 Å². The molecule has 0 saturated carbocycles. The lowest BCUT2D eigenvalue weighted by Gasteiger charge is -2.34. The van der Waals surface area contributed by atoms with Crippen LogP contribution in [0.4, 0.5) is 0 Å². The third-order valence-electron chi connectivity index (χ3n) is 6.03. The second-order valence-corrected chi connectivity index (χ2v) is 16.2. The normalized spacial score (nSPS) is 16.4. The maximum absolute atomic E-state index is 13.1. The van der Waals surface area contributed by atoms with Gasteiger partial charge in [-0.25, -0.2) is 8.42 Å². The van der Waals surface area contributed by atoms with E-state index in [4.69, 9.17) is 4.42 Å². The Morgan fingerprint density at radius 1 is 1.11 bits per heavy atom. The number of rotatable bonds is 3. The Morgan fingerprint density at radius 3 is 2.26 bits per heavy atom. The van der Waals surface area contributed by atoms with Crippen molar-refractivity contribution < 1.29 is 12.8 Å². The molecule has 4 nitrogen and oxygen atoms in total. The van der Waals surface area contributed by atoms with Gasteiger partial charge in [-0.05, 0) is 35.7 Å². The molecule has 1 aliphatic rings. The summed E-state index contributed by atoms with van der Waals surface area (Å²) in [6, 6.07) is 9.06. The molecule has 6 heteroatoms. The Kier molecular flexibility index (Phi) is 4.81. The zero-order chi connectivity index (χ0) is 20.2. The van der Waals surface area contributed by atoms with Crippen LogP contribution in [0.3, 0.4) is 0 Å². The molecular formula is C21H29NO3SSi. The largest absolute Gasteiger partial charge is 0.469 e. The first-order valence-electron chi connectivity index (χ1n) is 9.22. The van der Waals surface area contributed by atoms with Crippen molar-refractivity contribution in [3.63, 3.8) is 0 Å². The number of hydrogen-bond acceptors (Lipinski definition) is 3. The highest BCUT2D eigenvalue weighted by Crippen LogP contribution is 2.38. The molecule has 3 rings (SSSR count). The van der Waals surface area contributed by atoms with E-state index >= 15 is 0 Å². The second kappa shape index (κ2) is 6.46. The first kappa shape index (κ1) is 20.1. The van der Waals surface area contributed by atoms with E-state index in [0.717, 1.165) is 22.1 Å². The molecule has 0 saturated heterocycles. The minimum atomic E-state index is -3.59. The van der Waals surface area contributed by atoms with E-state index in [1.165, 1.54) is 4.31 Å². The number of hydrogen-bond donors (Lipinski definition) is 0. The molecule has 1 aromatic carbocycles. The van der Waals surface area contributed by atoms with Gasteiger partial charge in [0, 0.05) is 12.1 Å². The zero-order valence-electron chi connectivity index (χ0n) is 17.1. The molecule has 1 aromatic heterocycles. The van der Waals surface area contributed by atoms with Gasteiger partial charge in [-0.15, -0.1) is 0 Å². The maximum Gasteiger partial charge on any atom is 0.243 e. The van der Waals surface area contributed by atoms with Gasteiger partial charge in [0.05, 0.1) is 16.8 Å². The highest BCUT2D eigenvalue weighted by Gasteiger charge is 2.42. The standard InChI is InChI=1S/C21H29NO3SSi/c1-15-8-10-17(11-9-15)26(23,24)22-13-16(2)18-12-20(25-19(18)14-22)27(6,7)21(3,4)5/h8-12H,2,13-14H2,1,3-7H3. The molecule has 0 unspecified atom stereocenters. The van der Waals surface area contributed by atoms with E-state index < -0.39 is 18.1 Å². The van der Waals surface area contributed by atoms with Gasteiger partial charge in [0.1, 0.15) is 13.8 Å². The molecule has 2 heterocycles. The summed E-state index contributed by atoms with van der Waals surface area (Å²) in [5.74, 6) is 0.710. The molecule has 0 bridgehead atoms. The monoisotopic (exact) mass is 403 g/mol.